The Morgan fingerprint density at radius 1 is 1.43 bits per heavy atom. The molecule has 1 aromatic rings. The lowest BCUT2D eigenvalue weighted by molar-refractivity contribution is -0.141. The van der Waals surface area contributed by atoms with Crippen LogP contribution in [0.4, 0.5) is 13.2 Å². The molecule has 3 N–H and O–H groups in total. The summed E-state index contributed by atoms with van der Waals surface area (Å²) in [5, 5.41) is 0. The lowest BCUT2D eigenvalue weighted by Gasteiger charge is -2.03. The molecule has 0 amide bonds. The molecule has 0 saturated heterocycles. The van der Waals surface area contributed by atoms with Gasteiger partial charge in [-0.3, -0.25) is 0 Å². The fraction of sp³-hybridized carbons (Fsp3) is 0.625. The molecule has 0 aromatic carbocycles. The van der Waals surface area contributed by atoms with Crippen molar-refractivity contribution in [3.63, 3.8) is 0 Å². The van der Waals surface area contributed by atoms with E-state index in [1.54, 1.807) is 6.92 Å². The van der Waals surface area contributed by atoms with Crippen LogP contribution in [0.2, 0.25) is 0 Å². The molecule has 0 bridgehead atoms. The molecule has 0 unspecified atom stereocenters. The van der Waals surface area contributed by atoms with E-state index in [1.165, 1.54) is 0 Å². The van der Waals surface area contributed by atoms with E-state index in [9.17, 15) is 13.2 Å². The number of nitrogens with two attached hydrogens (primary N) is 1. The molecule has 0 aliphatic rings. The Balaban J connectivity index is 3.02. The third-order valence-electron chi connectivity index (χ3n) is 1.83. The molecule has 0 atom stereocenters. The van der Waals surface area contributed by atoms with E-state index in [0.29, 0.717) is 12.2 Å². The van der Waals surface area contributed by atoms with E-state index in [4.69, 9.17) is 5.73 Å². The number of hydrogen-bond donors (Lipinski definition) is 2. The highest BCUT2D eigenvalue weighted by atomic mass is 19.4. The Labute approximate surface area is 79.5 Å². The molecule has 0 saturated carbocycles. The lowest BCUT2D eigenvalue weighted by Crippen LogP contribution is -2.09. The smallest absolute Gasteiger partial charge is 0.345 e. The van der Waals surface area contributed by atoms with Crippen molar-refractivity contribution >= 4 is 0 Å². The van der Waals surface area contributed by atoms with Crippen molar-refractivity contribution in [2.75, 3.05) is 6.54 Å². The minimum absolute atomic E-state index is 0.126. The zero-order valence-electron chi connectivity index (χ0n) is 7.78. The van der Waals surface area contributed by atoms with Gasteiger partial charge in [0, 0.05) is 12.1 Å². The number of aryl methyl sites for hydroxylation is 1. The Kier molecular flexibility index (Phi) is 3.15. The summed E-state index contributed by atoms with van der Waals surface area (Å²) in [6.07, 6.45) is -3.76. The third kappa shape index (κ3) is 2.25. The highest BCUT2D eigenvalue weighted by molar-refractivity contribution is 5.18. The molecule has 0 fully saturated rings. The second-order valence-electron chi connectivity index (χ2n) is 2.90. The van der Waals surface area contributed by atoms with Gasteiger partial charge in [0.2, 0.25) is 0 Å². The van der Waals surface area contributed by atoms with Gasteiger partial charge in [0.15, 0.2) is 5.69 Å². The predicted molar refractivity (Wildman–Crippen MR) is 45.7 cm³/mol. The SMILES string of the molecule is CCc1[nH]c(CCN)nc1C(F)(F)F. The molecule has 3 nitrogen and oxygen atoms in total. The summed E-state index contributed by atoms with van der Waals surface area (Å²) in [6.45, 7) is 1.93. The van der Waals surface area contributed by atoms with Crippen LogP contribution >= 0.6 is 0 Å². The van der Waals surface area contributed by atoms with Gasteiger partial charge in [0.25, 0.3) is 0 Å². The quantitative estimate of drug-likeness (QED) is 0.789. The maximum Gasteiger partial charge on any atom is 0.435 e. The summed E-state index contributed by atoms with van der Waals surface area (Å²) in [5.41, 5.74) is 4.54. The number of rotatable bonds is 3. The number of halogens is 3. The van der Waals surface area contributed by atoms with Crippen molar-refractivity contribution in [3.8, 4) is 0 Å². The van der Waals surface area contributed by atoms with Gasteiger partial charge in [-0.05, 0) is 13.0 Å². The van der Waals surface area contributed by atoms with Gasteiger partial charge in [-0.15, -0.1) is 0 Å². The number of imidazole rings is 1. The van der Waals surface area contributed by atoms with Crippen LogP contribution in [0.3, 0.4) is 0 Å². The number of nitrogens with one attached hydrogen (secondary N) is 1. The van der Waals surface area contributed by atoms with Crippen molar-refractivity contribution < 1.29 is 13.2 Å². The first-order valence-electron chi connectivity index (χ1n) is 4.34. The molecule has 6 heteroatoms. The van der Waals surface area contributed by atoms with Gasteiger partial charge in [0.05, 0.1) is 0 Å². The molecule has 0 aliphatic carbocycles. The van der Waals surface area contributed by atoms with Crippen molar-refractivity contribution in [1.82, 2.24) is 9.97 Å². The predicted octanol–water partition coefficient (Wildman–Crippen LogP) is 1.49. The number of alkyl halides is 3. The molecule has 0 radical (unpaired) electrons. The third-order valence-corrected chi connectivity index (χ3v) is 1.83. The summed E-state index contributed by atoms with van der Waals surface area (Å²) < 4.78 is 37.1. The van der Waals surface area contributed by atoms with Crippen LogP contribution in [-0.4, -0.2) is 16.5 Å². The highest BCUT2D eigenvalue weighted by Crippen LogP contribution is 2.30. The topological polar surface area (TPSA) is 54.7 Å². The number of H-pyrrole nitrogens is 1. The van der Waals surface area contributed by atoms with E-state index < -0.39 is 11.9 Å². The molecular weight excluding hydrogens is 195 g/mol. The molecule has 1 heterocycles. The van der Waals surface area contributed by atoms with Crippen LogP contribution in [-0.2, 0) is 19.0 Å². The fourth-order valence-corrected chi connectivity index (χ4v) is 1.21. The number of hydrogen-bond acceptors (Lipinski definition) is 2. The van der Waals surface area contributed by atoms with Gasteiger partial charge in [-0.2, -0.15) is 13.2 Å². The van der Waals surface area contributed by atoms with E-state index in [0.717, 1.165) is 0 Å². The average Bonchev–Trinajstić information content (AvgIpc) is 2.47. The Bertz CT molecular complexity index is 303. The summed E-state index contributed by atoms with van der Waals surface area (Å²) >= 11 is 0. The summed E-state index contributed by atoms with van der Waals surface area (Å²) in [5.74, 6) is 0.302. The van der Waals surface area contributed by atoms with Gasteiger partial charge >= 0.3 is 6.18 Å². The summed E-state index contributed by atoms with van der Waals surface area (Å²) in [7, 11) is 0. The molecule has 0 aliphatic heterocycles. The minimum Gasteiger partial charge on any atom is -0.345 e. The largest absolute Gasteiger partial charge is 0.435 e. The van der Waals surface area contributed by atoms with Crippen LogP contribution < -0.4 is 5.73 Å². The summed E-state index contributed by atoms with van der Waals surface area (Å²) in [4.78, 5) is 6.11. The minimum atomic E-state index is -4.38. The maximum absolute atomic E-state index is 12.4. The highest BCUT2D eigenvalue weighted by Gasteiger charge is 2.36. The molecule has 14 heavy (non-hydrogen) atoms. The number of aromatic nitrogens is 2. The van der Waals surface area contributed by atoms with Gasteiger partial charge in [-0.25, -0.2) is 4.98 Å². The Morgan fingerprint density at radius 2 is 2.07 bits per heavy atom. The van der Waals surface area contributed by atoms with Crippen molar-refractivity contribution in [1.29, 1.82) is 0 Å². The lowest BCUT2D eigenvalue weighted by atomic mass is 10.2. The Morgan fingerprint density at radius 3 is 2.43 bits per heavy atom. The molecular formula is C8H12F3N3. The molecule has 0 spiro atoms. The van der Waals surface area contributed by atoms with Crippen LogP contribution in [0.25, 0.3) is 0 Å². The van der Waals surface area contributed by atoms with E-state index in [2.05, 4.69) is 9.97 Å². The van der Waals surface area contributed by atoms with E-state index in [1.807, 2.05) is 0 Å². The molecule has 1 aromatic heterocycles. The van der Waals surface area contributed by atoms with Gasteiger partial charge in [-0.1, -0.05) is 6.92 Å². The second-order valence-corrected chi connectivity index (χ2v) is 2.90. The number of nitrogens with zero attached hydrogens (tertiary/aromatic N) is 1. The fourth-order valence-electron chi connectivity index (χ4n) is 1.21. The first-order valence-corrected chi connectivity index (χ1v) is 4.34. The van der Waals surface area contributed by atoms with Crippen LogP contribution in [0, 0.1) is 0 Å². The van der Waals surface area contributed by atoms with Crippen molar-refractivity contribution in [2.45, 2.75) is 25.9 Å². The van der Waals surface area contributed by atoms with Gasteiger partial charge in [0.1, 0.15) is 5.82 Å². The average molecular weight is 207 g/mol. The van der Waals surface area contributed by atoms with E-state index >= 15 is 0 Å². The number of aromatic amines is 1. The summed E-state index contributed by atoms with van der Waals surface area (Å²) in [6, 6.07) is 0. The Hall–Kier alpha value is -1.04. The van der Waals surface area contributed by atoms with Crippen molar-refractivity contribution in [3.05, 3.63) is 17.2 Å². The molecule has 1 rings (SSSR count). The first kappa shape index (κ1) is 11.0. The van der Waals surface area contributed by atoms with Crippen LogP contribution in [0.15, 0.2) is 0 Å². The van der Waals surface area contributed by atoms with Crippen molar-refractivity contribution in [2.24, 2.45) is 5.73 Å². The maximum atomic E-state index is 12.4. The first-order chi connectivity index (χ1) is 6.49. The monoisotopic (exact) mass is 207 g/mol. The standard InChI is InChI=1S/C8H12F3N3/c1-2-5-7(8(9,10)11)14-6(13-5)3-4-12/h2-4,12H2,1H3,(H,13,14). The zero-order valence-corrected chi connectivity index (χ0v) is 7.78. The normalized spacial score (nSPS) is 12.1. The van der Waals surface area contributed by atoms with Crippen LogP contribution in [0.5, 0.6) is 0 Å². The molecule has 80 valence electrons. The van der Waals surface area contributed by atoms with Gasteiger partial charge < -0.3 is 10.7 Å². The van der Waals surface area contributed by atoms with E-state index in [-0.39, 0.29) is 18.7 Å². The zero-order chi connectivity index (χ0) is 10.8. The van der Waals surface area contributed by atoms with Crippen LogP contribution in [0.1, 0.15) is 24.1 Å². The second kappa shape index (κ2) is 4.00.